The highest BCUT2D eigenvalue weighted by molar-refractivity contribution is 7.91. The first kappa shape index (κ1) is 17.9. The number of benzene rings is 1. The van der Waals surface area contributed by atoms with E-state index < -0.39 is 9.84 Å². The SMILES string of the molecule is CCS(=O)(=O)c1ccc(OCC2CC2)c(C2=C(OC)C=CN(C)C2)c1. The summed E-state index contributed by atoms with van der Waals surface area (Å²) in [6.45, 7) is 2.97. The summed E-state index contributed by atoms with van der Waals surface area (Å²) in [4.78, 5) is 2.35. The van der Waals surface area contributed by atoms with Gasteiger partial charge in [0.2, 0.25) is 0 Å². The lowest BCUT2D eigenvalue weighted by Gasteiger charge is -2.25. The van der Waals surface area contributed by atoms with Crippen molar-refractivity contribution in [3.63, 3.8) is 0 Å². The summed E-state index contributed by atoms with van der Waals surface area (Å²) in [7, 11) is 0.317. The molecule has 0 spiro atoms. The van der Waals surface area contributed by atoms with Crippen LogP contribution in [0.2, 0.25) is 0 Å². The molecule has 1 saturated carbocycles. The molecule has 0 unspecified atom stereocenters. The molecule has 1 aromatic carbocycles. The predicted molar refractivity (Wildman–Crippen MR) is 98.1 cm³/mol. The average Bonchev–Trinajstić information content (AvgIpc) is 3.44. The normalized spacial score (nSPS) is 17.8. The van der Waals surface area contributed by atoms with Gasteiger partial charge in [0, 0.05) is 30.9 Å². The number of likely N-dealkylation sites (N-methyl/N-ethyl adjacent to an activating group) is 1. The zero-order valence-electron chi connectivity index (χ0n) is 15.0. The van der Waals surface area contributed by atoms with Gasteiger partial charge in [-0.15, -0.1) is 0 Å². The molecular formula is C19H25NO4S. The number of hydrogen-bond donors (Lipinski definition) is 0. The molecule has 0 bridgehead atoms. The fraction of sp³-hybridized carbons (Fsp3) is 0.474. The highest BCUT2D eigenvalue weighted by Gasteiger charge is 2.25. The Morgan fingerprint density at radius 2 is 2.04 bits per heavy atom. The highest BCUT2D eigenvalue weighted by atomic mass is 32.2. The van der Waals surface area contributed by atoms with Gasteiger partial charge < -0.3 is 14.4 Å². The highest BCUT2D eigenvalue weighted by Crippen LogP contribution is 2.36. The maximum atomic E-state index is 12.3. The third kappa shape index (κ3) is 4.00. The lowest BCUT2D eigenvalue weighted by Crippen LogP contribution is -2.19. The van der Waals surface area contributed by atoms with E-state index in [-0.39, 0.29) is 5.75 Å². The molecule has 5 nitrogen and oxygen atoms in total. The van der Waals surface area contributed by atoms with E-state index in [4.69, 9.17) is 9.47 Å². The van der Waals surface area contributed by atoms with Crippen LogP contribution in [0.25, 0.3) is 5.57 Å². The minimum absolute atomic E-state index is 0.0741. The van der Waals surface area contributed by atoms with E-state index in [0.29, 0.717) is 24.0 Å². The van der Waals surface area contributed by atoms with Gasteiger partial charge in [-0.3, -0.25) is 0 Å². The Balaban J connectivity index is 2.07. The number of hydrogen-bond acceptors (Lipinski definition) is 5. The van der Waals surface area contributed by atoms with Crippen LogP contribution in [-0.2, 0) is 14.6 Å². The van der Waals surface area contributed by atoms with Gasteiger partial charge in [0.25, 0.3) is 0 Å². The third-order valence-electron chi connectivity index (χ3n) is 4.59. The molecule has 2 aliphatic rings. The van der Waals surface area contributed by atoms with Gasteiger partial charge in [0.15, 0.2) is 9.84 Å². The molecule has 0 radical (unpaired) electrons. The van der Waals surface area contributed by atoms with Crippen molar-refractivity contribution >= 4 is 15.4 Å². The smallest absolute Gasteiger partial charge is 0.178 e. The minimum atomic E-state index is -3.28. The number of rotatable bonds is 7. The molecule has 0 amide bonds. The Bertz CT molecular complexity index is 807. The van der Waals surface area contributed by atoms with E-state index in [1.54, 1.807) is 32.2 Å². The maximum absolute atomic E-state index is 12.3. The van der Waals surface area contributed by atoms with Crippen molar-refractivity contribution in [2.75, 3.05) is 33.1 Å². The van der Waals surface area contributed by atoms with Crippen LogP contribution in [0, 0.1) is 5.92 Å². The Morgan fingerprint density at radius 1 is 1.28 bits per heavy atom. The van der Waals surface area contributed by atoms with Gasteiger partial charge in [-0.05, 0) is 43.0 Å². The molecule has 0 atom stereocenters. The van der Waals surface area contributed by atoms with E-state index >= 15 is 0 Å². The molecule has 0 aromatic heterocycles. The monoisotopic (exact) mass is 363 g/mol. The van der Waals surface area contributed by atoms with Crippen LogP contribution in [0.1, 0.15) is 25.3 Å². The van der Waals surface area contributed by atoms with Gasteiger partial charge >= 0.3 is 0 Å². The number of ether oxygens (including phenoxy) is 2. The summed E-state index contributed by atoms with van der Waals surface area (Å²) in [6, 6.07) is 5.14. The molecule has 136 valence electrons. The first-order valence-electron chi connectivity index (χ1n) is 8.60. The van der Waals surface area contributed by atoms with Gasteiger partial charge in [-0.1, -0.05) is 6.92 Å². The van der Waals surface area contributed by atoms with Crippen LogP contribution in [0.4, 0.5) is 0 Å². The summed E-state index contributed by atoms with van der Waals surface area (Å²) >= 11 is 0. The number of sulfone groups is 1. The zero-order valence-corrected chi connectivity index (χ0v) is 15.8. The minimum Gasteiger partial charge on any atom is -0.496 e. The summed E-state index contributed by atoms with van der Waals surface area (Å²) in [5.41, 5.74) is 1.73. The summed E-state index contributed by atoms with van der Waals surface area (Å²) in [5, 5.41) is 0. The first-order chi connectivity index (χ1) is 11.9. The second-order valence-electron chi connectivity index (χ2n) is 6.59. The van der Waals surface area contributed by atoms with E-state index in [1.807, 2.05) is 24.2 Å². The number of nitrogens with zero attached hydrogens (tertiary/aromatic N) is 1. The lowest BCUT2D eigenvalue weighted by molar-refractivity contribution is 0.293. The van der Waals surface area contributed by atoms with Crippen molar-refractivity contribution in [1.82, 2.24) is 4.90 Å². The predicted octanol–water partition coefficient (Wildman–Crippen LogP) is 3.09. The first-order valence-corrected chi connectivity index (χ1v) is 10.3. The van der Waals surface area contributed by atoms with Gasteiger partial charge in [-0.2, -0.15) is 0 Å². The topological polar surface area (TPSA) is 55.8 Å². The summed E-state index contributed by atoms with van der Waals surface area (Å²) < 4.78 is 36.2. The van der Waals surface area contributed by atoms with Crippen molar-refractivity contribution in [2.45, 2.75) is 24.7 Å². The second-order valence-corrected chi connectivity index (χ2v) is 8.87. The molecule has 0 saturated heterocycles. The maximum Gasteiger partial charge on any atom is 0.178 e. The Morgan fingerprint density at radius 3 is 2.68 bits per heavy atom. The van der Waals surface area contributed by atoms with E-state index in [0.717, 1.165) is 22.6 Å². The molecule has 1 fully saturated rings. The largest absolute Gasteiger partial charge is 0.496 e. The molecule has 1 aliphatic heterocycles. The standard InChI is InChI=1S/C19H25NO4S/c1-4-25(21,22)15-7-8-19(24-13-14-5-6-14)16(11-15)17-12-20(2)10-9-18(17)23-3/h7-11,14H,4-6,12-13H2,1-3H3. The molecule has 1 heterocycles. The summed E-state index contributed by atoms with van der Waals surface area (Å²) in [6.07, 6.45) is 6.24. The molecule has 3 rings (SSSR count). The van der Waals surface area contributed by atoms with Gasteiger partial charge in [-0.25, -0.2) is 8.42 Å². The Kier molecular flexibility index (Phi) is 5.08. The van der Waals surface area contributed by atoms with Crippen molar-refractivity contribution in [1.29, 1.82) is 0 Å². The van der Waals surface area contributed by atoms with E-state index in [1.165, 1.54) is 12.8 Å². The molecule has 6 heteroatoms. The van der Waals surface area contributed by atoms with Crippen molar-refractivity contribution in [3.05, 3.63) is 41.8 Å². The fourth-order valence-corrected chi connectivity index (χ4v) is 3.71. The molecule has 1 aromatic rings. The Labute approximate surface area is 149 Å². The Hall–Kier alpha value is -1.95. The van der Waals surface area contributed by atoms with Crippen molar-refractivity contribution in [3.8, 4) is 5.75 Å². The van der Waals surface area contributed by atoms with Crippen LogP contribution in [0.5, 0.6) is 5.75 Å². The average molecular weight is 363 g/mol. The molecule has 25 heavy (non-hydrogen) atoms. The van der Waals surface area contributed by atoms with Gasteiger partial charge in [0.1, 0.15) is 11.5 Å². The van der Waals surface area contributed by atoms with Crippen LogP contribution in [0.3, 0.4) is 0 Å². The molecule has 0 N–H and O–H groups in total. The lowest BCUT2D eigenvalue weighted by atomic mass is 10.0. The molecule has 1 aliphatic carbocycles. The van der Waals surface area contributed by atoms with E-state index in [2.05, 4.69) is 0 Å². The van der Waals surface area contributed by atoms with Crippen LogP contribution < -0.4 is 4.74 Å². The van der Waals surface area contributed by atoms with Crippen LogP contribution >= 0.6 is 0 Å². The van der Waals surface area contributed by atoms with E-state index in [9.17, 15) is 8.42 Å². The fourth-order valence-electron chi connectivity index (χ4n) is 2.81. The van der Waals surface area contributed by atoms with Crippen LogP contribution in [-0.4, -0.2) is 46.4 Å². The number of methoxy groups -OCH3 is 1. The van der Waals surface area contributed by atoms with Gasteiger partial charge in [0.05, 0.1) is 24.4 Å². The van der Waals surface area contributed by atoms with Crippen molar-refractivity contribution < 1.29 is 17.9 Å². The molecular weight excluding hydrogens is 338 g/mol. The number of allylic oxidation sites excluding steroid dienone is 1. The van der Waals surface area contributed by atoms with Crippen LogP contribution in [0.15, 0.2) is 41.1 Å². The quantitative estimate of drug-likeness (QED) is 0.745. The summed E-state index contributed by atoms with van der Waals surface area (Å²) in [5.74, 6) is 2.15. The second kappa shape index (κ2) is 7.12. The third-order valence-corrected chi connectivity index (χ3v) is 6.32. The zero-order chi connectivity index (χ0) is 18.0. The van der Waals surface area contributed by atoms with Crippen molar-refractivity contribution in [2.24, 2.45) is 5.92 Å².